The molecule has 0 aliphatic heterocycles. The van der Waals surface area contributed by atoms with Crippen molar-refractivity contribution < 1.29 is 19.6 Å². The van der Waals surface area contributed by atoms with Gasteiger partial charge in [0.2, 0.25) is 0 Å². The first-order chi connectivity index (χ1) is 10.5. The van der Waals surface area contributed by atoms with Gasteiger partial charge in [-0.1, -0.05) is 17.8 Å². The molecule has 0 amide bonds. The number of methoxy groups -OCH3 is 1. The molecule has 0 saturated heterocycles. The number of nitrogens with zero attached hydrogens (tertiary/aromatic N) is 1. The van der Waals surface area contributed by atoms with Gasteiger partial charge in [-0.3, -0.25) is 14.9 Å². The van der Waals surface area contributed by atoms with Gasteiger partial charge >= 0.3 is 5.97 Å². The number of nitro groups is 1. The molecule has 2 aromatic carbocycles. The van der Waals surface area contributed by atoms with Crippen LogP contribution in [0.25, 0.3) is 0 Å². The zero-order valence-electron chi connectivity index (χ0n) is 11.7. The highest BCUT2D eigenvalue weighted by Gasteiger charge is 2.17. The van der Waals surface area contributed by atoms with Gasteiger partial charge in [0.05, 0.1) is 18.5 Å². The monoisotopic (exact) mass is 319 g/mol. The van der Waals surface area contributed by atoms with E-state index < -0.39 is 10.9 Å². The van der Waals surface area contributed by atoms with Gasteiger partial charge in [0.15, 0.2) is 0 Å². The zero-order chi connectivity index (χ0) is 16.1. The van der Waals surface area contributed by atoms with Gasteiger partial charge in [-0.05, 0) is 30.3 Å². The van der Waals surface area contributed by atoms with Gasteiger partial charge in [0, 0.05) is 21.4 Å². The maximum atomic E-state index is 11.1. The molecule has 0 aliphatic rings. The Morgan fingerprint density at radius 1 is 1.23 bits per heavy atom. The van der Waals surface area contributed by atoms with Gasteiger partial charge in [-0.25, -0.2) is 0 Å². The number of aliphatic carboxylic acids is 1. The Morgan fingerprint density at radius 2 is 1.86 bits per heavy atom. The van der Waals surface area contributed by atoms with Gasteiger partial charge < -0.3 is 9.84 Å². The SMILES string of the molecule is COc1ccc(Sc2ccc(CC(=O)O)c([N+](=O)[O-])c2)cc1. The summed E-state index contributed by atoms with van der Waals surface area (Å²) < 4.78 is 5.07. The third-order valence-electron chi connectivity index (χ3n) is 2.89. The van der Waals surface area contributed by atoms with E-state index in [0.29, 0.717) is 4.90 Å². The predicted octanol–water partition coefficient (Wildman–Crippen LogP) is 3.38. The highest BCUT2D eigenvalue weighted by molar-refractivity contribution is 7.99. The third-order valence-corrected chi connectivity index (χ3v) is 3.89. The molecule has 2 aromatic rings. The molecular formula is C15H13NO5S. The molecule has 0 atom stereocenters. The summed E-state index contributed by atoms with van der Waals surface area (Å²) in [7, 11) is 1.58. The first-order valence-electron chi connectivity index (χ1n) is 6.30. The van der Waals surface area contributed by atoms with E-state index in [1.54, 1.807) is 25.3 Å². The number of hydrogen-bond acceptors (Lipinski definition) is 5. The largest absolute Gasteiger partial charge is 0.497 e. The second kappa shape index (κ2) is 6.95. The fourth-order valence-electron chi connectivity index (χ4n) is 1.87. The summed E-state index contributed by atoms with van der Waals surface area (Å²) in [6.45, 7) is 0. The maximum absolute atomic E-state index is 11.1. The Hall–Kier alpha value is -2.54. The van der Waals surface area contributed by atoms with E-state index in [1.165, 1.54) is 23.9 Å². The lowest BCUT2D eigenvalue weighted by Gasteiger charge is -2.05. The van der Waals surface area contributed by atoms with Crippen LogP contribution in [0.4, 0.5) is 5.69 Å². The minimum Gasteiger partial charge on any atom is -0.497 e. The Balaban J connectivity index is 2.25. The van der Waals surface area contributed by atoms with E-state index in [2.05, 4.69) is 0 Å². The molecule has 0 unspecified atom stereocenters. The van der Waals surface area contributed by atoms with Crippen molar-refractivity contribution in [2.75, 3.05) is 7.11 Å². The molecule has 114 valence electrons. The van der Waals surface area contributed by atoms with Crippen LogP contribution in [-0.2, 0) is 11.2 Å². The van der Waals surface area contributed by atoms with Crippen molar-refractivity contribution in [1.29, 1.82) is 0 Å². The minimum atomic E-state index is -1.10. The van der Waals surface area contributed by atoms with Crippen molar-refractivity contribution in [2.24, 2.45) is 0 Å². The van der Waals surface area contributed by atoms with Crippen LogP contribution in [-0.4, -0.2) is 23.1 Å². The number of hydrogen-bond donors (Lipinski definition) is 1. The van der Waals surface area contributed by atoms with Crippen LogP contribution < -0.4 is 4.74 Å². The van der Waals surface area contributed by atoms with Crippen LogP contribution in [0.1, 0.15) is 5.56 Å². The van der Waals surface area contributed by atoms with Gasteiger partial charge in [0.1, 0.15) is 5.75 Å². The van der Waals surface area contributed by atoms with Crippen LogP contribution in [0.3, 0.4) is 0 Å². The predicted molar refractivity (Wildman–Crippen MR) is 81.6 cm³/mol. The topological polar surface area (TPSA) is 89.7 Å². The quantitative estimate of drug-likeness (QED) is 0.648. The van der Waals surface area contributed by atoms with Crippen molar-refractivity contribution in [3.8, 4) is 5.75 Å². The Kier molecular flexibility index (Phi) is 5.00. The molecule has 0 aromatic heterocycles. The van der Waals surface area contributed by atoms with E-state index in [-0.39, 0.29) is 17.7 Å². The van der Waals surface area contributed by atoms with Gasteiger partial charge in [-0.2, -0.15) is 0 Å². The summed E-state index contributed by atoms with van der Waals surface area (Å²) in [6, 6.07) is 11.9. The number of nitro benzene ring substituents is 1. The molecule has 22 heavy (non-hydrogen) atoms. The number of carboxylic acids is 1. The molecular weight excluding hydrogens is 306 g/mol. The van der Waals surface area contributed by atoms with Crippen molar-refractivity contribution in [1.82, 2.24) is 0 Å². The molecule has 7 heteroatoms. The lowest BCUT2D eigenvalue weighted by atomic mass is 10.1. The number of carbonyl (C=O) groups is 1. The molecule has 6 nitrogen and oxygen atoms in total. The number of carboxylic acid groups (broad SMARTS) is 1. The second-order valence-corrected chi connectivity index (χ2v) is 5.54. The Labute approximate surface area is 130 Å². The van der Waals surface area contributed by atoms with Crippen LogP contribution in [0.2, 0.25) is 0 Å². The summed E-state index contributed by atoms with van der Waals surface area (Å²) in [5.74, 6) is -0.370. The maximum Gasteiger partial charge on any atom is 0.308 e. The molecule has 0 fully saturated rings. The van der Waals surface area contributed by atoms with Crippen LogP contribution in [0, 0.1) is 10.1 Å². The minimum absolute atomic E-state index is 0.180. The average molecular weight is 319 g/mol. The van der Waals surface area contributed by atoms with Crippen molar-refractivity contribution in [3.05, 3.63) is 58.1 Å². The molecule has 0 spiro atoms. The summed E-state index contributed by atoms with van der Waals surface area (Å²) in [5, 5.41) is 19.9. The summed E-state index contributed by atoms with van der Waals surface area (Å²) in [5.41, 5.74) is 0.0116. The fourth-order valence-corrected chi connectivity index (χ4v) is 2.72. The summed E-state index contributed by atoms with van der Waals surface area (Å²) in [4.78, 5) is 22.8. The molecule has 0 radical (unpaired) electrons. The smallest absolute Gasteiger partial charge is 0.308 e. The zero-order valence-corrected chi connectivity index (χ0v) is 12.5. The van der Waals surface area contributed by atoms with E-state index >= 15 is 0 Å². The second-order valence-electron chi connectivity index (χ2n) is 4.40. The molecule has 0 bridgehead atoms. The average Bonchev–Trinajstić information content (AvgIpc) is 2.49. The first kappa shape index (κ1) is 15.8. The van der Waals surface area contributed by atoms with Crippen molar-refractivity contribution >= 4 is 23.4 Å². The summed E-state index contributed by atoms with van der Waals surface area (Å²) in [6.07, 6.45) is -0.371. The van der Waals surface area contributed by atoms with Crippen LogP contribution >= 0.6 is 11.8 Å². The van der Waals surface area contributed by atoms with E-state index in [4.69, 9.17) is 9.84 Å². The van der Waals surface area contributed by atoms with Gasteiger partial charge in [-0.15, -0.1) is 0 Å². The third kappa shape index (κ3) is 3.98. The van der Waals surface area contributed by atoms with E-state index in [9.17, 15) is 14.9 Å². The normalized spacial score (nSPS) is 10.2. The van der Waals surface area contributed by atoms with Crippen LogP contribution in [0.5, 0.6) is 5.75 Å². The fraction of sp³-hybridized carbons (Fsp3) is 0.133. The molecule has 0 heterocycles. The molecule has 0 saturated carbocycles. The van der Waals surface area contributed by atoms with Crippen molar-refractivity contribution in [2.45, 2.75) is 16.2 Å². The standard InChI is InChI=1S/C15H13NO5S/c1-21-11-3-6-12(7-4-11)22-13-5-2-10(8-15(17)18)14(9-13)16(19)20/h2-7,9H,8H2,1H3,(H,17,18). The number of ether oxygens (including phenoxy) is 1. The number of rotatable bonds is 6. The van der Waals surface area contributed by atoms with Gasteiger partial charge in [0.25, 0.3) is 5.69 Å². The van der Waals surface area contributed by atoms with E-state index in [1.807, 2.05) is 12.1 Å². The molecule has 0 aliphatic carbocycles. The highest BCUT2D eigenvalue weighted by Crippen LogP contribution is 2.32. The Bertz CT molecular complexity index is 700. The molecule has 2 rings (SSSR count). The first-order valence-corrected chi connectivity index (χ1v) is 7.12. The summed E-state index contributed by atoms with van der Waals surface area (Å²) >= 11 is 1.36. The van der Waals surface area contributed by atoms with E-state index in [0.717, 1.165) is 10.6 Å². The van der Waals surface area contributed by atoms with Crippen LogP contribution in [0.15, 0.2) is 52.3 Å². The van der Waals surface area contributed by atoms with Crippen molar-refractivity contribution in [3.63, 3.8) is 0 Å². The lowest BCUT2D eigenvalue weighted by molar-refractivity contribution is -0.385. The Morgan fingerprint density at radius 3 is 2.41 bits per heavy atom. The highest BCUT2D eigenvalue weighted by atomic mass is 32.2. The molecule has 1 N–H and O–H groups in total. The lowest BCUT2D eigenvalue weighted by Crippen LogP contribution is -2.03. The number of benzene rings is 2.